The number of anilines is 1. The molecule has 0 saturated heterocycles. The molecule has 1 aromatic rings. The summed E-state index contributed by atoms with van der Waals surface area (Å²) in [5, 5.41) is 12.1. The molecule has 1 aromatic carbocycles. The van der Waals surface area contributed by atoms with E-state index in [1.807, 2.05) is 19.9 Å². The fourth-order valence-electron chi connectivity index (χ4n) is 1.56. The van der Waals surface area contributed by atoms with Gasteiger partial charge in [0.05, 0.1) is 11.6 Å². The first-order chi connectivity index (χ1) is 10.2. The number of nitrogens with two attached hydrogens (primary N) is 1. The van der Waals surface area contributed by atoms with Gasteiger partial charge in [0.25, 0.3) is 5.91 Å². The maximum absolute atomic E-state index is 11.9. The van der Waals surface area contributed by atoms with Gasteiger partial charge in [-0.3, -0.25) is 4.79 Å². The number of amides is 1. The standard InChI is InChI=1S/C15H18ClN3O3/c1-9(2)15(3,8-17)19-13(20)7-22-14(21)11-5-4-10(16)6-12(11)18/h4-6,9H,7,18H2,1-3H3,(H,19,20)/t15-/m1/s1. The van der Waals surface area contributed by atoms with Crippen molar-refractivity contribution in [2.75, 3.05) is 12.3 Å². The molecule has 0 saturated carbocycles. The topological polar surface area (TPSA) is 105 Å². The number of rotatable bonds is 5. The summed E-state index contributed by atoms with van der Waals surface area (Å²) in [5.41, 5.74) is 4.94. The second-order valence-electron chi connectivity index (χ2n) is 5.32. The van der Waals surface area contributed by atoms with E-state index in [4.69, 9.17) is 27.3 Å². The van der Waals surface area contributed by atoms with Gasteiger partial charge in [0.2, 0.25) is 0 Å². The maximum atomic E-state index is 11.9. The molecule has 0 aliphatic rings. The predicted molar refractivity (Wildman–Crippen MR) is 83.1 cm³/mol. The molecule has 1 atom stereocenters. The summed E-state index contributed by atoms with van der Waals surface area (Å²) < 4.78 is 4.90. The summed E-state index contributed by atoms with van der Waals surface area (Å²) in [4.78, 5) is 23.7. The molecule has 0 aliphatic carbocycles. The molecule has 0 unspecified atom stereocenters. The molecule has 1 rings (SSSR count). The first-order valence-corrected chi connectivity index (χ1v) is 7.02. The summed E-state index contributed by atoms with van der Waals surface area (Å²) in [6.07, 6.45) is 0. The molecule has 0 aromatic heterocycles. The lowest BCUT2D eigenvalue weighted by Gasteiger charge is -2.27. The van der Waals surface area contributed by atoms with E-state index in [0.29, 0.717) is 5.02 Å². The van der Waals surface area contributed by atoms with Gasteiger partial charge in [-0.15, -0.1) is 0 Å². The number of nitriles is 1. The van der Waals surface area contributed by atoms with E-state index in [9.17, 15) is 9.59 Å². The van der Waals surface area contributed by atoms with Gasteiger partial charge in [-0.25, -0.2) is 4.79 Å². The smallest absolute Gasteiger partial charge is 0.340 e. The van der Waals surface area contributed by atoms with Crippen molar-refractivity contribution in [2.45, 2.75) is 26.3 Å². The van der Waals surface area contributed by atoms with E-state index in [-0.39, 0.29) is 17.2 Å². The van der Waals surface area contributed by atoms with Crippen molar-refractivity contribution in [3.63, 3.8) is 0 Å². The second-order valence-corrected chi connectivity index (χ2v) is 5.76. The molecule has 3 N–H and O–H groups in total. The molecule has 0 spiro atoms. The molecule has 0 fully saturated rings. The van der Waals surface area contributed by atoms with Gasteiger partial charge < -0.3 is 15.8 Å². The normalized spacial score (nSPS) is 13.1. The fraction of sp³-hybridized carbons (Fsp3) is 0.400. The predicted octanol–water partition coefficient (Wildman–Crippen LogP) is 2.13. The largest absolute Gasteiger partial charge is 0.452 e. The maximum Gasteiger partial charge on any atom is 0.340 e. The van der Waals surface area contributed by atoms with Crippen LogP contribution < -0.4 is 11.1 Å². The van der Waals surface area contributed by atoms with E-state index in [1.165, 1.54) is 18.2 Å². The average Bonchev–Trinajstić information content (AvgIpc) is 2.44. The third-order valence-electron chi connectivity index (χ3n) is 3.35. The number of hydrogen-bond donors (Lipinski definition) is 2. The fourth-order valence-corrected chi connectivity index (χ4v) is 1.74. The number of ether oxygens (including phenoxy) is 1. The zero-order valence-corrected chi connectivity index (χ0v) is 13.4. The van der Waals surface area contributed by atoms with Crippen LogP contribution in [0.5, 0.6) is 0 Å². The summed E-state index contributed by atoms with van der Waals surface area (Å²) in [6.45, 7) is 4.73. The minimum absolute atomic E-state index is 0.0935. The van der Waals surface area contributed by atoms with Crippen LogP contribution in [-0.2, 0) is 9.53 Å². The summed E-state index contributed by atoms with van der Waals surface area (Å²) in [5.74, 6) is -1.38. The van der Waals surface area contributed by atoms with E-state index in [1.54, 1.807) is 6.92 Å². The van der Waals surface area contributed by atoms with Crippen molar-refractivity contribution < 1.29 is 14.3 Å². The van der Waals surface area contributed by atoms with Gasteiger partial charge in [-0.05, 0) is 31.0 Å². The molecule has 118 valence electrons. The Hall–Kier alpha value is -2.26. The number of benzene rings is 1. The van der Waals surface area contributed by atoms with Gasteiger partial charge in [0.1, 0.15) is 5.54 Å². The second kappa shape index (κ2) is 7.14. The molecule has 0 radical (unpaired) electrons. The third kappa shape index (κ3) is 4.37. The Morgan fingerprint density at radius 3 is 2.64 bits per heavy atom. The number of nitrogens with zero attached hydrogens (tertiary/aromatic N) is 1. The summed E-state index contributed by atoms with van der Waals surface area (Å²) in [7, 11) is 0. The van der Waals surface area contributed by atoms with Crippen LogP contribution in [0.1, 0.15) is 31.1 Å². The number of halogens is 1. The quantitative estimate of drug-likeness (QED) is 0.638. The Balaban J connectivity index is 2.65. The Bertz CT molecular complexity index is 625. The van der Waals surface area contributed by atoms with Crippen molar-refractivity contribution >= 4 is 29.2 Å². The van der Waals surface area contributed by atoms with E-state index in [0.717, 1.165) is 0 Å². The number of hydrogen-bond acceptors (Lipinski definition) is 5. The summed E-state index contributed by atoms with van der Waals surface area (Å²) in [6, 6.07) is 6.38. The van der Waals surface area contributed by atoms with E-state index < -0.39 is 24.0 Å². The number of carbonyl (C=O) groups excluding carboxylic acids is 2. The van der Waals surface area contributed by atoms with Crippen LogP contribution in [0.2, 0.25) is 5.02 Å². The van der Waals surface area contributed by atoms with Crippen molar-refractivity contribution in [3.8, 4) is 6.07 Å². The lowest BCUT2D eigenvalue weighted by Crippen LogP contribution is -2.50. The number of carbonyl (C=O) groups is 2. The Labute approximate surface area is 134 Å². The molecule has 1 amide bonds. The molecular weight excluding hydrogens is 306 g/mol. The Morgan fingerprint density at radius 1 is 1.50 bits per heavy atom. The molecule has 0 bridgehead atoms. The first kappa shape index (κ1) is 17.8. The highest BCUT2D eigenvalue weighted by molar-refractivity contribution is 6.31. The first-order valence-electron chi connectivity index (χ1n) is 6.64. The monoisotopic (exact) mass is 323 g/mol. The zero-order chi connectivity index (χ0) is 16.9. The molecule has 0 aliphatic heterocycles. The van der Waals surface area contributed by atoms with Gasteiger partial charge in [-0.1, -0.05) is 25.4 Å². The molecule has 0 heterocycles. The van der Waals surface area contributed by atoms with Crippen LogP contribution >= 0.6 is 11.6 Å². The van der Waals surface area contributed by atoms with E-state index >= 15 is 0 Å². The molecule has 7 heteroatoms. The van der Waals surface area contributed by atoms with Crippen molar-refractivity contribution in [1.29, 1.82) is 5.26 Å². The van der Waals surface area contributed by atoms with Crippen LogP contribution in [0.15, 0.2) is 18.2 Å². The van der Waals surface area contributed by atoms with Gasteiger partial charge in [0, 0.05) is 10.7 Å². The van der Waals surface area contributed by atoms with E-state index in [2.05, 4.69) is 5.32 Å². The summed E-state index contributed by atoms with van der Waals surface area (Å²) >= 11 is 5.74. The lowest BCUT2D eigenvalue weighted by atomic mass is 9.90. The van der Waals surface area contributed by atoms with Gasteiger partial charge >= 0.3 is 5.97 Å². The molecular formula is C15H18ClN3O3. The number of nitrogens with one attached hydrogen (secondary N) is 1. The van der Waals surface area contributed by atoms with Crippen LogP contribution in [0.4, 0.5) is 5.69 Å². The average molecular weight is 324 g/mol. The van der Waals surface area contributed by atoms with Gasteiger partial charge in [-0.2, -0.15) is 5.26 Å². The van der Waals surface area contributed by atoms with Crippen LogP contribution in [0.3, 0.4) is 0 Å². The molecule has 6 nitrogen and oxygen atoms in total. The Morgan fingerprint density at radius 2 is 2.14 bits per heavy atom. The SMILES string of the molecule is CC(C)[C@@](C)(C#N)NC(=O)COC(=O)c1ccc(Cl)cc1N. The highest BCUT2D eigenvalue weighted by atomic mass is 35.5. The van der Waals surface area contributed by atoms with Crippen molar-refractivity contribution in [1.82, 2.24) is 5.32 Å². The van der Waals surface area contributed by atoms with Crippen molar-refractivity contribution in [2.24, 2.45) is 5.92 Å². The minimum Gasteiger partial charge on any atom is -0.452 e. The minimum atomic E-state index is -1.03. The lowest BCUT2D eigenvalue weighted by molar-refractivity contribution is -0.125. The number of esters is 1. The van der Waals surface area contributed by atoms with Gasteiger partial charge in [0.15, 0.2) is 6.61 Å². The molecule has 22 heavy (non-hydrogen) atoms. The van der Waals surface area contributed by atoms with Crippen LogP contribution in [0.25, 0.3) is 0 Å². The third-order valence-corrected chi connectivity index (χ3v) is 3.59. The van der Waals surface area contributed by atoms with Crippen LogP contribution in [-0.4, -0.2) is 24.0 Å². The number of nitrogen functional groups attached to an aromatic ring is 1. The highest BCUT2D eigenvalue weighted by Gasteiger charge is 2.30. The Kier molecular flexibility index (Phi) is 5.77. The zero-order valence-electron chi connectivity index (χ0n) is 12.6. The highest BCUT2D eigenvalue weighted by Crippen LogP contribution is 2.19. The van der Waals surface area contributed by atoms with Crippen molar-refractivity contribution in [3.05, 3.63) is 28.8 Å². The van der Waals surface area contributed by atoms with Crippen LogP contribution in [0, 0.1) is 17.2 Å².